The van der Waals surface area contributed by atoms with Crippen LogP contribution >= 0.6 is 15.9 Å². The molecule has 0 aliphatic carbocycles. The average Bonchev–Trinajstić information content (AvgIpc) is 3.32. The molecule has 7 nitrogen and oxygen atoms in total. The van der Waals surface area contributed by atoms with Crippen LogP contribution in [0.25, 0.3) is 10.9 Å². The molecule has 3 aromatic rings. The molecule has 0 atom stereocenters. The number of carbonyl (C=O) groups is 3. The number of fused-ring (bicyclic) bond motifs is 3. The number of ketones is 1. The molecule has 1 aromatic heterocycles. The molecule has 2 aromatic carbocycles. The van der Waals surface area contributed by atoms with Gasteiger partial charge in [-0.15, -0.1) is 0 Å². The largest absolute Gasteiger partial charge is 0.389 e. The van der Waals surface area contributed by atoms with Crippen molar-refractivity contribution in [1.29, 1.82) is 0 Å². The number of carbonyl (C=O) groups excluding carboxylic acids is 3. The first-order chi connectivity index (χ1) is 16.1. The van der Waals surface area contributed by atoms with Gasteiger partial charge in [0.1, 0.15) is 5.41 Å². The molecular formula is C23H18BrF3N4O3. The van der Waals surface area contributed by atoms with Crippen LogP contribution in [0.15, 0.2) is 47.1 Å². The van der Waals surface area contributed by atoms with E-state index in [1.807, 2.05) is 0 Å². The van der Waals surface area contributed by atoms with Crippen molar-refractivity contribution in [3.63, 3.8) is 0 Å². The first-order valence-corrected chi connectivity index (χ1v) is 11.3. The fourth-order valence-corrected chi connectivity index (χ4v) is 5.42. The molecule has 0 saturated carbocycles. The van der Waals surface area contributed by atoms with E-state index in [2.05, 4.69) is 26.1 Å². The van der Waals surface area contributed by atoms with E-state index in [4.69, 9.17) is 0 Å². The maximum Gasteiger partial charge on any atom is 0.389 e. The second-order valence-electron chi connectivity index (χ2n) is 8.59. The molecule has 11 heteroatoms. The fourth-order valence-electron chi connectivity index (χ4n) is 4.68. The van der Waals surface area contributed by atoms with Crippen molar-refractivity contribution < 1.29 is 27.6 Å². The monoisotopic (exact) mass is 534 g/mol. The van der Waals surface area contributed by atoms with Crippen molar-refractivity contribution in [2.24, 2.45) is 0 Å². The van der Waals surface area contributed by atoms with Crippen molar-refractivity contribution in [3.8, 4) is 0 Å². The number of aromatic nitrogens is 2. The van der Waals surface area contributed by atoms with Crippen molar-refractivity contribution in [2.45, 2.75) is 24.4 Å². The third-order valence-corrected chi connectivity index (χ3v) is 6.99. The Hall–Kier alpha value is -3.21. The van der Waals surface area contributed by atoms with Crippen molar-refractivity contribution in [3.05, 3.63) is 58.2 Å². The minimum absolute atomic E-state index is 0.108. The van der Waals surface area contributed by atoms with Gasteiger partial charge in [0.05, 0.1) is 24.7 Å². The lowest BCUT2D eigenvalue weighted by atomic mass is 9.74. The lowest BCUT2D eigenvalue weighted by Gasteiger charge is -2.47. The van der Waals surface area contributed by atoms with E-state index in [1.165, 1.54) is 4.90 Å². The van der Waals surface area contributed by atoms with E-state index in [0.717, 1.165) is 10.9 Å². The number of nitrogens with one attached hydrogen (secondary N) is 1. The number of likely N-dealkylation sites (tertiary alicyclic amines) is 1. The van der Waals surface area contributed by atoms with Crippen molar-refractivity contribution >= 4 is 50.1 Å². The van der Waals surface area contributed by atoms with Crippen LogP contribution in [0.5, 0.6) is 0 Å². The van der Waals surface area contributed by atoms with Crippen molar-refractivity contribution in [2.75, 3.05) is 24.5 Å². The number of hydrogen-bond acceptors (Lipinski definition) is 4. The van der Waals surface area contributed by atoms with Gasteiger partial charge in [-0.25, -0.2) is 0 Å². The van der Waals surface area contributed by atoms with E-state index in [-0.39, 0.29) is 24.9 Å². The van der Waals surface area contributed by atoms with E-state index < -0.39 is 36.8 Å². The predicted octanol–water partition coefficient (Wildman–Crippen LogP) is 3.98. The molecule has 3 heterocycles. The fraction of sp³-hybridized carbons (Fsp3) is 0.304. The van der Waals surface area contributed by atoms with E-state index in [1.54, 1.807) is 47.5 Å². The first kappa shape index (κ1) is 22.6. The zero-order valence-electron chi connectivity index (χ0n) is 17.7. The van der Waals surface area contributed by atoms with E-state index in [0.29, 0.717) is 21.3 Å². The van der Waals surface area contributed by atoms with Crippen LogP contribution in [0.4, 0.5) is 18.9 Å². The zero-order chi connectivity index (χ0) is 24.3. The van der Waals surface area contributed by atoms with Crippen LogP contribution in [0.1, 0.15) is 28.8 Å². The van der Waals surface area contributed by atoms with Gasteiger partial charge in [0.2, 0.25) is 5.91 Å². The standard InChI is InChI=1S/C23H18BrF3N4O3/c24-16-2-1-3-18-19(16)22(21(34)31(18)10-15(32)6-7-23(25,26)27)11-30(12-22)20(33)13-4-5-17-14(8-13)9-28-29-17/h1-5,8-9H,6-7,10-12H2,(H,28,29). The van der Waals surface area contributed by atoms with Crippen LogP contribution in [0.3, 0.4) is 0 Å². The molecule has 34 heavy (non-hydrogen) atoms. The predicted molar refractivity (Wildman–Crippen MR) is 120 cm³/mol. The van der Waals surface area contributed by atoms with Crippen LogP contribution < -0.4 is 4.90 Å². The summed E-state index contributed by atoms with van der Waals surface area (Å²) in [5.74, 6) is -1.30. The molecule has 1 spiro atoms. The summed E-state index contributed by atoms with van der Waals surface area (Å²) in [5, 5.41) is 7.56. The highest BCUT2D eigenvalue weighted by Crippen LogP contribution is 2.50. The summed E-state index contributed by atoms with van der Waals surface area (Å²) in [5.41, 5.74) is 1.34. The highest BCUT2D eigenvalue weighted by molar-refractivity contribution is 9.10. The number of benzene rings is 2. The normalized spacial score (nSPS) is 16.8. The minimum atomic E-state index is -4.44. The molecule has 176 valence electrons. The maximum atomic E-state index is 13.5. The van der Waals surface area contributed by atoms with E-state index in [9.17, 15) is 27.6 Å². The number of aromatic amines is 1. The highest BCUT2D eigenvalue weighted by atomic mass is 79.9. The van der Waals surface area contributed by atoms with Gasteiger partial charge < -0.3 is 9.80 Å². The molecule has 0 bridgehead atoms. The molecule has 1 fully saturated rings. The smallest absolute Gasteiger partial charge is 0.336 e. The Balaban J connectivity index is 1.38. The van der Waals surface area contributed by atoms with Crippen molar-refractivity contribution in [1.82, 2.24) is 15.1 Å². The number of nitrogens with zero attached hydrogens (tertiary/aromatic N) is 3. The Morgan fingerprint density at radius 1 is 1.18 bits per heavy atom. The van der Waals surface area contributed by atoms with Gasteiger partial charge in [-0.05, 0) is 30.3 Å². The number of amides is 2. The summed E-state index contributed by atoms with van der Waals surface area (Å²) in [6.07, 6.45) is -4.75. The Morgan fingerprint density at radius 2 is 1.94 bits per heavy atom. The third-order valence-electron chi connectivity index (χ3n) is 6.33. The number of Topliss-reactive ketones (excluding diaryl/α,β-unsaturated/α-hetero) is 1. The van der Waals surface area contributed by atoms with Gasteiger partial charge in [-0.2, -0.15) is 18.3 Å². The second-order valence-corrected chi connectivity index (χ2v) is 9.45. The first-order valence-electron chi connectivity index (χ1n) is 10.5. The average molecular weight is 535 g/mol. The third kappa shape index (κ3) is 3.67. The number of rotatable bonds is 5. The summed E-state index contributed by atoms with van der Waals surface area (Å²) >= 11 is 3.47. The molecule has 1 N–H and O–H groups in total. The van der Waals surface area contributed by atoms with Crippen LogP contribution in [-0.2, 0) is 15.0 Å². The maximum absolute atomic E-state index is 13.5. The summed E-state index contributed by atoms with van der Waals surface area (Å²) in [7, 11) is 0. The lowest BCUT2D eigenvalue weighted by Crippen LogP contribution is -2.65. The van der Waals surface area contributed by atoms with Crippen LogP contribution in [0.2, 0.25) is 0 Å². The van der Waals surface area contributed by atoms with Crippen LogP contribution in [0, 0.1) is 0 Å². The van der Waals surface area contributed by atoms with Gasteiger partial charge >= 0.3 is 6.18 Å². The van der Waals surface area contributed by atoms with Gasteiger partial charge in [0.15, 0.2) is 5.78 Å². The minimum Gasteiger partial charge on any atom is -0.336 e. The summed E-state index contributed by atoms with van der Waals surface area (Å²) < 4.78 is 38.2. The molecular weight excluding hydrogens is 517 g/mol. The molecule has 5 rings (SSSR count). The zero-order valence-corrected chi connectivity index (χ0v) is 19.2. The molecule has 2 aliphatic rings. The molecule has 2 aliphatic heterocycles. The van der Waals surface area contributed by atoms with Gasteiger partial charge in [-0.1, -0.05) is 22.0 Å². The topological polar surface area (TPSA) is 86.4 Å². The number of hydrogen-bond donors (Lipinski definition) is 1. The SMILES string of the molecule is O=C(CCC(F)(F)F)CN1C(=O)C2(CN(C(=O)c3ccc4[nH]ncc4c3)C2)c2c(Br)cccc21. The Morgan fingerprint density at radius 3 is 2.68 bits per heavy atom. The Labute approximate surface area is 200 Å². The summed E-state index contributed by atoms with van der Waals surface area (Å²) in [6.45, 7) is -0.223. The molecule has 1 saturated heterocycles. The highest BCUT2D eigenvalue weighted by Gasteiger charge is 2.60. The number of anilines is 1. The van der Waals surface area contributed by atoms with Gasteiger partial charge in [-0.3, -0.25) is 19.5 Å². The van der Waals surface area contributed by atoms with Crippen LogP contribution in [-0.4, -0.2) is 58.5 Å². The number of H-pyrrole nitrogens is 1. The van der Waals surface area contributed by atoms with Gasteiger partial charge in [0, 0.05) is 46.2 Å². The molecule has 0 radical (unpaired) electrons. The molecule has 2 amide bonds. The summed E-state index contributed by atoms with van der Waals surface area (Å²) in [6, 6.07) is 10.3. The van der Waals surface area contributed by atoms with Gasteiger partial charge in [0.25, 0.3) is 5.91 Å². The Bertz CT molecular complexity index is 1330. The number of alkyl halides is 3. The second kappa shape index (κ2) is 7.93. The lowest BCUT2D eigenvalue weighted by molar-refractivity contribution is -0.143. The Kier molecular flexibility index (Phi) is 5.27. The summed E-state index contributed by atoms with van der Waals surface area (Å²) in [4.78, 5) is 41.6. The quantitative estimate of drug-likeness (QED) is 0.536. The van der Waals surface area contributed by atoms with E-state index >= 15 is 0 Å². The number of halogens is 4. The molecule has 0 unspecified atom stereocenters.